The molecule has 0 aromatic heterocycles. The van der Waals surface area contributed by atoms with Crippen molar-refractivity contribution in [3.05, 3.63) is 58.7 Å². The van der Waals surface area contributed by atoms with Crippen molar-refractivity contribution in [2.75, 3.05) is 0 Å². The SMILES string of the molecule is Cc1cc(C=O)ccc1O.Cc1cc(O)ccc1C=O. The quantitative estimate of drug-likeness (QED) is 0.824. The van der Waals surface area contributed by atoms with Crippen LogP contribution in [0.3, 0.4) is 0 Å². The first-order valence-electron chi connectivity index (χ1n) is 5.97. The van der Waals surface area contributed by atoms with E-state index in [9.17, 15) is 9.59 Å². The average Bonchev–Trinajstić information content (AvgIpc) is 2.43. The summed E-state index contributed by atoms with van der Waals surface area (Å²) in [6.07, 6.45) is 1.53. The van der Waals surface area contributed by atoms with Crippen molar-refractivity contribution in [1.29, 1.82) is 0 Å². The molecule has 0 amide bonds. The van der Waals surface area contributed by atoms with Crippen LogP contribution in [-0.2, 0) is 0 Å². The molecule has 0 aliphatic rings. The Balaban J connectivity index is 0.000000200. The number of phenolic OH excluding ortho intramolecular Hbond substituents is 2. The normalized spacial score (nSPS) is 9.30. The number of aldehydes is 2. The van der Waals surface area contributed by atoms with Gasteiger partial charge in [-0.05, 0) is 61.4 Å². The van der Waals surface area contributed by atoms with Crippen molar-refractivity contribution >= 4 is 12.6 Å². The van der Waals surface area contributed by atoms with Gasteiger partial charge in [-0.1, -0.05) is 0 Å². The Morgan fingerprint density at radius 1 is 0.850 bits per heavy atom. The molecule has 0 saturated carbocycles. The third-order valence-corrected chi connectivity index (χ3v) is 2.74. The van der Waals surface area contributed by atoms with Crippen molar-refractivity contribution in [3.63, 3.8) is 0 Å². The minimum absolute atomic E-state index is 0.197. The zero-order valence-corrected chi connectivity index (χ0v) is 11.3. The molecule has 0 bridgehead atoms. The van der Waals surface area contributed by atoms with E-state index in [1.54, 1.807) is 38.1 Å². The van der Waals surface area contributed by atoms with Gasteiger partial charge in [0, 0.05) is 11.1 Å². The smallest absolute Gasteiger partial charge is 0.150 e. The van der Waals surface area contributed by atoms with Crippen molar-refractivity contribution in [3.8, 4) is 11.5 Å². The van der Waals surface area contributed by atoms with Crippen LogP contribution >= 0.6 is 0 Å². The fourth-order valence-electron chi connectivity index (χ4n) is 1.54. The van der Waals surface area contributed by atoms with E-state index in [1.807, 2.05) is 0 Å². The summed E-state index contributed by atoms with van der Waals surface area (Å²) in [6, 6.07) is 9.38. The first-order chi connectivity index (χ1) is 9.47. The summed E-state index contributed by atoms with van der Waals surface area (Å²) in [6.45, 7) is 3.53. The average molecular weight is 272 g/mol. The van der Waals surface area contributed by atoms with Gasteiger partial charge in [0.05, 0.1) is 0 Å². The predicted molar refractivity (Wildman–Crippen MR) is 76.5 cm³/mol. The van der Waals surface area contributed by atoms with Crippen LogP contribution in [0.1, 0.15) is 31.8 Å². The Morgan fingerprint density at radius 2 is 1.55 bits per heavy atom. The summed E-state index contributed by atoms with van der Waals surface area (Å²) < 4.78 is 0. The molecule has 2 rings (SSSR count). The highest BCUT2D eigenvalue weighted by Gasteiger charge is 1.96. The van der Waals surface area contributed by atoms with Crippen LogP contribution < -0.4 is 0 Å². The Bertz CT molecular complexity index is 618. The highest BCUT2D eigenvalue weighted by Crippen LogP contribution is 2.15. The molecule has 0 radical (unpaired) electrons. The van der Waals surface area contributed by atoms with Crippen molar-refractivity contribution in [2.45, 2.75) is 13.8 Å². The highest BCUT2D eigenvalue weighted by molar-refractivity contribution is 5.77. The van der Waals surface area contributed by atoms with Gasteiger partial charge >= 0.3 is 0 Å². The number of benzene rings is 2. The molecular weight excluding hydrogens is 256 g/mol. The number of hydrogen-bond acceptors (Lipinski definition) is 4. The standard InChI is InChI=1S/2C8H8O2/c1-6-4-8(10)3-2-7(6)5-9;1-6-4-7(5-9)2-3-8(6)10/h2*2-5,10H,1H3. The van der Waals surface area contributed by atoms with Gasteiger partial charge in [0.15, 0.2) is 0 Å². The lowest BCUT2D eigenvalue weighted by atomic mass is 10.1. The molecule has 0 saturated heterocycles. The summed E-state index contributed by atoms with van der Waals surface area (Å²) >= 11 is 0. The van der Waals surface area contributed by atoms with E-state index in [4.69, 9.17) is 10.2 Å². The second-order valence-corrected chi connectivity index (χ2v) is 4.32. The number of carbonyl (C=O) groups excluding carboxylic acids is 2. The first kappa shape index (κ1) is 15.4. The third-order valence-electron chi connectivity index (χ3n) is 2.74. The van der Waals surface area contributed by atoms with Crippen LogP contribution in [-0.4, -0.2) is 22.8 Å². The van der Waals surface area contributed by atoms with Gasteiger partial charge < -0.3 is 10.2 Å². The first-order valence-corrected chi connectivity index (χ1v) is 5.97. The van der Waals surface area contributed by atoms with Gasteiger partial charge in [0.1, 0.15) is 24.1 Å². The highest BCUT2D eigenvalue weighted by atomic mass is 16.3. The summed E-state index contributed by atoms with van der Waals surface area (Å²) in [4.78, 5) is 20.4. The van der Waals surface area contributed by atoms with Crippen LogP contribution in [0.2, 0.25) is 0 Å². The molecule has 0 fully saturated rings. The molecule has 104 valence electrons. The largest absolute Gasteiger partial charge is 0.508 e. The Kier molecular flexibility index (Phi) is 5.47. The maximum atomic E-state index is 10.3. The van der Waals surface area contributed by atoms with E-state index in [0.29, 0.717) is 11.1 Å². The van der Waals surface area contributed by atoms with E-state index in [2.05, 4.69) is 0 Å². The lowest BCUT2D eigenvalue weighted by molar-refractivity contribution is 0.111. The van der Waals surface area contributed by atoms with E-state index in [1.165, 1.54) is 12.1 Å². The van der Waals surface area contributed by atoms with Crippen molar-refractivity contribution in [1.82, 2.24) is 0 Å². The Hall–Kier alpha value is -2.62. The molecule has 0 atom stereocenters. The van der Waals surface area contributed by atoms with Gasteiger partial charge in [-0.3, -0.25) is 9.59 Å². The van der Waals surface area contributed by atoms with Crippen LogP contribution in [0.15, 0.2) is 36.4 Å². The van der Waals surface area contributed by atoms with Crippen LogP contribution in [0.25, 0.3) is 0 Å². The van der Waals surface area contributed by atoms with Crippen LogP contribution in [0, 0.1) is 13.8 Å². The maximum absolute atomic E-state index is 10.3. The monoisotopic (exact) mass is 272 g/mol. The number of carbonyl (C=O) groups is 2. The molecule has 4 heteroatoms. The topological polar surface area (TPSA) is 74.6 Å². The van der Waals surface area contributed by atoms with E-state index < -0.39 is 0 Å². The number of aromatic hydroxyl groups is 2. The molecule has 0 unspecified atom stereocenters. The van der Waals surface area contributed by atoms with E-state index in [-0.39, 0.29) is 11.5 Å². The van der Waals surface area contributed by atoms with Crippen molar-refractivity contribution in [2.24, 2.45) is 0 Å². The van der Waals surface area contributed by atoms with Gasteiger partial charge in [0.2, 0.25) is 0 Å². The Morgan fingerprint density at radius 3 is 2.05 bits per heavy atom. The summed E-state index contributed by atoms with van der Waals surface area (Å²) in [5.74, 6) is 0.425. The number of phenols is 2. The zero-order chi connectivity index (χ0) is 15.1. The summed E-state index contributed by atoms with van der Waals surface area (Å²) in [5.41, 5.74) is 2.74. The molecule has 0 spiro atoms. The van der Waals surface area contributed by atoms with Crippen molar-refractivity contribution < 1.29 is 19.8 Å². The van der Waals surface area contributed by atoms with Gasteiger partial charge in [-0.25, -0.2) is 0 Å². The second kappa shape index (κ2) is 7.09. The Labute approximate surface area is 117 Å². The van der Waals surface area contributed by atoms with E-state index >= 15 is 0 Å². The third kappa shape index (κ3) is 4.24. The molecule has 2 aromatic rings. The lowest BCUT2D eigenvalue weighted by Gasteiger charge is -1.96. The fourth-order valence-corrected chi connectivity index (χ4v) is 1.54. The molecule has 0 heterocycles. The number of aryl methyl sites for hydroxylation is 2. The minimum atomic E-state index is 0.197. The molecule has 0 aliphatic heterocycles. The van der Waals surface area contributed by atoms with Crippen LogP contribution in [0.4, 0.5) is 0 Å². The van der Waals surface area contributed by atoms with E-state index in [0.717, 1.165) is 23.7 Å². The number of rotatable bonds is 2. The zero-order valence-electron chi connectivity index (χ0n) is 11.3. The van der Waals surface area contributed by atoms with Gasteiger partial charge in [0.25, 0.3) is 0 Å². The fraction of sp³-hybridized carbons (Fsp3) is 0.125. The predicted octanol–water partition coefficient (Wildman–Crippen LogP) is 3.03. The lowest BCUT2D eigenvalue weighted by Crippen LogP contribution is -1.83. The summed E-state index contributed by atoms with van der Waals surface area (Å²) in [5, 5.41) is 17.9. The minimum Gasteiger partial charge on any atom is -0.508 e. The van der Waals surface area contributed by atoms with Crippen LogP contribution in [0.5, 0.6) is 11.5 Å². The second-order valence-electron chi connectivity index (χ2n) is 4.32. The summed E-state index contributed by atoms with van der Waals surface area (Å²) in [7, 11) is 0. The number of hydrogen-bond donors (Lipinski definition) is 2. The molecule has 4 nitrogen and oxygen atoms in total. The molecule has 20 heavy (non-hydrogen) atoms. The molecule has 2 aromatic carbocycles. The van der Waals surface area contributed by atoms with Gasteiger partial charge in [-0.15, -0.1) is 0 Å². The molecule has 2 N–H and O–H groups in total. The molecular formula is C16H16O4. The maximum Gasteiger partial charge on any atom is 0.150 e. The molecule has 0 aliphatic carbocycles. The van der Waals surface area contributed by atoms with Gasteiger partial charge in [-0.2, -0.15) is 0 Å².